The van der Waals surface area contributed by atoms with Gasteiger partial charge in [-0.15, -0.1) is 0 Å². The van der Waals surface area contributed by atoms with Crippen molar-refractivity contribution in [3.05, 3.63) is 28.6 Å². The number of pyridine rings is 1. The van der Waals surface area contributed by atoms with E-state index >= 15 is 0 Å². The Balaban J connectivity index is 3.24. The molecule has 60 valence electrons. The van der Waals surface area contributed by atoms with Gasteiger partial charge in [-0.05, 0) is 19.4 Å². The molecule has 0 saturated carbocycles. The summed E-state index contributed by atoms with van der Waals surface area (Å²) >= 11 is 4.09. The van der Waals surface area contributed by atoms with Crippen molar-refractivity contribution < 1.29 is 4.73 Å². The van der Waals surface area contributed by atoms with Gasteiger partial charge in [-0.25, -0.2) is 0 Å². The monoisotopic (exact) mass is 169 g/mol. The Morgan fingerprint density at radius 2 is 2.27 bits per heavy atom. The molecule has 0 fully saturated rings. The molecule has 0 aliphatic carbocycles. The van der Waals surface area contributed by atoms with E-state index in [2.05, 4.69) is 12.6 Å². The third-order valence-corrected chi connectivity index (χ3v) is 2.08. The molecule has 1 rings (SSSR count). The van der Waals surface area contributed by atoms with Crippen LogP contribution in [0.3, 0.4) is 0 Å². The van der Waals surface area contributed by atoms with Crippen molar-refractivity contribution in [2.75, 3.05) is 0 Å². The van der Waals surface area contributed by atoms with Crippen LogP contribution in [-0.4, -0.2) is 0 Å². The third-order valence-electron chi connectivity index (χ3n) is 1.60. The summed E-state index contributed by atoms with van der Waals surface area (Å²) in [5, 5.41) is 11.6. The molecule has 0 saturated heterocycles. The van der Waals surface area contributed by atoms with Crippen molar-refractivity contribution in [2.45, 2.75) is 25.3 Å². The second-order valence-corrected chi connectivity index (χ2v) is 2.97. The van der Waals surface area contributed by atoms with E-state index < -0.39 is 0 Å². The molecule has 0 spiro atoms. The zero-order valence-corrected chi connectivity index (χ0v) is 7.56. The summed E-state index contributed by atoms with van der Waals surface area (Å²) in [5.74, 6) is 0. The fourth-order valence-electron chi connectivity index (χ4n) is 1.02. The van der Waals surface area contributed by atoms with Gasteiger partial charge >= 0.3 is 0 Å². The smallest absolute Gasteiger partial charge is 0.251 e. The fraction of sp³-hybridized carbons (Fsp3) is 0.375. The van der Waals surface area contributed by atoms with E-state index in [1.165, 1.54) is 6.20 Å². The fourth-order valence-corrected chi connectivity index (χ4v) is 1.30. The second-order valence-electron chi connectivity index (χ2n) is 2.55. The highest BCUT2D eigenvalue weighted by Gasteiger charge is 2.06. The number of hydrogen-bond acceptors (Lipinski definition) is 2. The van der Waals surface area contributed by atoms with Crippen molar-refractivity contribution in [2.24, 2.45) is 0 Å². The average molecular weight is 169 g/mol. The molecular formula is C8H11NOS. The molecule has 11 heavy (non-hydrogen) atoms. The van der Waals surface area contributed by atoms with E-state index in [0.717, 1.165) is 22.3 Å². The molecule has 0 aromatic carbocycles. The maximum atomic E-state index is 11.1. The van der Waals surface area contributed by atoms with Crippen LogP contribution in [0.2, 0.25) is 0 Å². The van der Waals surface area contributed by atoms with Crippen LogP contribution >= 0.6 is 12.6 Å². The van der Waals surface area contributed by atoms with Gasteiger partial charge in [0, 0.05) is 11.1 Å². The van der Waals surface area contributed by atoms with Crippen molar-refractivity contribution in [3.8, 4) is 0 Å². The van der Waals surface area contributed by atoms with Crippen molar-refractivity contribution in [1.82, 2.24) is 0 Å². The van der Waals surface area contributed by atoms with Crippen LogP contribution in [-0.2, 0) is 6.42 Å². The lowest BCUT2D eigenvalue weighted by Crippen LogP contribution is -2.29. The Morgan fingerprint density at radius 3 is 2.82 bits per heavy atom. The van der Waals surface area contributed by atoms with Gasteiger partial charge in [-0.3, -0.25) is 0 Å². The van der Waals surface area contributed by atoms with E-state index in [0.29, 0.717) is 5.03 Å². The largest absolute Gasteiger partial charge is 0.618 e. The predicted octanol–water partition coefficient (Wildman–Crippen LogP) is 1.48. The Bertz CT molecular complexity index is 273. The molecule has 0 unspecified atom stereocenters. The lowest BCUT2D eigenvalue weighted by Gasteiger charge is -2.04. The second kappa shape index (κ2) is 3.13. The molecule has 1 aromatic rings. The normalized spacial score (nSPS) is 10.1. The first-order valence-corrected chi connectivity index (χ1v) is 4.01. The molecule has 0 atom stereocenters. The summed E-state index contributed by atoms with van der Waals surface area (Å²) in [6.45, 7) is 3.91. The quantitative estimate of drug-likeness (QED) is 0.385. The Morgan fingerprint density at radius 1 is 1.64 bits per heavy atom. The van der Waals surface area contributed by atoms with E-state index in [1.807, 2.05) is 19.9 Å². The number of nitrogens with zero attached hydrogens (tertiary/aromatic N) is 1. The van der Waals surface area contributed by atoms with Crippen molar-refractivity contribution >= 4 is 12.6 Å². The average Bonchev–Trinajstić information content (AvgIpc) is 1.96. The lowest BCUT2D eigenvalue weighted by atomic mass is 10.2. The highest BCUT2D eigenvalue weighted by Crippen LogP contribution is 2.10. The Hall–Kier alpha value is -0.700. The molecule has 1 aromatic heterocycles. The van der Waals surface area contributed by atoms with Gasteiger partial charge in [0.25, 0.3) is 5.03 Å². The Labute approximate surface area is 71.9 Å². The van der Waals surface area contributed by atoms with E-state index in [9.17, 15) is 5.21 Å². The Kier molecular flexibility index (Phi) is 2.39. The summed E-state index contributed by atoms with van der Waals surface area (Å²) in [6.07, 6.45) is 2.38. The van der Waals surface area contributed by atoms with Crippen LogP contribution in [0, 0.1) is 12.1 Å². The van der Waals surface area contributed by atoms with Gasteiger partial charge in [0.15, 0.2) is 6.20 Å². The number of aryl methyl sites for hydroxylation is 2. The number of hydrogen-bond donors (Lipinski definition) is 1. The molecule has 0 amide bonds. The number of aromatic nitrogens is 1. The molecule has 0 aliphatic rings. The number of thiol groups is 1. The van der Waals surface area contributed by atoms with Crippen LogP contribution in [0.15, 0.2) is 17.3 Å². The molecule has 0 N–H and O–H groups in total. The minimum absolute atomic E-state index is 0.512. The zero-order valence-electron chi connectivity index (χ0n) is 6.66. The van der Waals surface area contributed by atoms with Gasteiger partial charge in [0.1, 0.15) is 0 Å². The van der Waals surface area contributed by atoms with E-state index in [1.54, 1.807) is 0 Å². The first-order chi connectivity index (χ1) is 5.15. The van der Waals surface area contributed by atoms with E-state index in [4.69, 9.17) is 0 Å². The van der Waals surface area contributed by atoms with Gasteiger partial charge in [0.05, 0.1) is 0 Å². The van der Waals surface area contributed by atoms with Crippen molar-refractivity contribution in [3.63, 3.8) is 0 Å². The summed E-state index contributed by atoms with van der Waals surface area (Å²) < 4.78 is 0.803. The highest BCUT2D eigenvalue weighted by atomic mass is 32.1. The highest BCUT2D eigenvalue weighted by molar-refractivity contribution is 7.80. The minimum atomic E-state index is 0.512. The van der Waals surface area contributed by atoms with Crippen LogP contribution in [0.5, 0.6) is 0 Å². The maximum absolute atomic E-state index is 11.1. The molecule has 0 bridgehead atoms. The van der Waals surface area contributed by atoms with Crippen LogP contribution in [0.1, 0.15) is 18.1 Å². The predicted molar refractivity (Wildman–Crippen MR) is 46.8 cm³/mol. The summed E-state index contributed by atoms with van der Waals surface area (Å²) in [5.41, 5.74) is 1.98. The topological polar surface area (TPSA) is 26.9 Å². The molecule has 0 radical (unpaired) electrons. The third kappa shape index (κ3) is 1.66. The SMILES string of the molecule is CCc1cc(C)c[n+]([O-])c1S. The molecular weight excluding hydrogens is 158 g/mol. The minimum Gasteiger partial charge on any atom is -0.618 e. The van der Waals surface area contributed by atoms with Gasteiger partial charge < -0.3 is 5.21 Å². The van der Waals surface area contributed by atoms with Gasteiger partial charge in [-0.2, -0.15) is 4.73 Å². The molecule has 3 heteroatoms. The van der Waals surface area contributed by atoms with Gasteiger partial charge in [-0.1, -0.05) is 19.6 Å². The van der Waals surface area contributed by atoms with Crippen LogP contribution < -0.4 is 4.73 Å². The number of rotatable bonds is 1. The standard InChI is InChI=1S/C8H11NOS/c1-3-7-4-6(2)5-9(10)8(7)11/h4-5,11H,3H2,1-2H3. The van der Waals surface area contributed by atoms with Gasteiger partial charge in [0.2, 0.25) is 0 Å². The van der Waals surface area contributed by atoms with E-state index in [-0.39, 0.29) is 0 Å². The maximum Gasteiger partial charge on any atom is 0.251 e. The first-order valence-electron chi connectivity index (χ1n) is 3.56. The first kappa shape index (κ1) is 8.40. The molecule has 1 heterocycles. The lowest BCUT2D eigenvalue weighted by molar-refractivity contribution is -0.646. The van der Waals surface area contributed by atoms with Crippen LogP contribution in [0.4, 0.5) is 0 Å². The molecule has 2 nitrogen and oxygen atoms in total. The summed E-state index contributed by atoms with van der Waals surface area (Å²) in [6, 6.07) is 1.98. The summed E-state index contributed by atoms with van der Waals surface area (Å²) in [7, 11) is 0. The molecule has 0 aliphatic heterocycles. The summed E-state index contributed by atoms with van der Waals surface area (Å²) in [4.78, 5) is 0. The van der Waals surface area contributed by atoms with Crippen LogP contribution in [0.25, 0.3) is 0 Å². The van der Waals surface area contributed by atoms with Crippen molar-refractivity contribution in [1.29, 1.82) is 0 Å². The zero-order chi connectivity index (χ0) is 8.43.